The highest BCUT2D eigenvalue weighted by Gasteiger charge is 2.51. The van der Waals surface area contributed by atoms with E-state index in [2.05, 4.69) is 19.1 Å². The highest BCUT2D eigenvalue weighted by atomic mass is 31.2. The molecule has 1 aliphatic carbocycles. The van der Waals surface area contributed by atoms with Crippen molar-refractivity contribution in [2.45, 2.75) is 172 Å². The molecule has 1 fully saturated rings. The third-order valence-electron chi connectivity index (χ3n) is 8.11. The fraction of sp³-hybridized carbons (Fsp3) is 0.879. The smallest absolute Gasteiger partial charge is 0.462 e. The minimum atomic E-state index is -5.09. The Bertz CT molecular complexity index is 901. The van der Waals surface area contributed by atoms with Gasteiger partial charge in [0.1, 0.15) is 43.2 Å². The predicted molar refractivity (Wildman–Crippen MR) is 175 cm³/mol. The van der Waals surface area contributed by atoms with Crippen LogP contribution in [0.3, 0.4) is 0 Å². The molecule has 14 heteroatoms. The molecule has 0 bridgehead atoms. The molecule has 276 valence electrons. The molecule has 0 spiro atoms. The van der Waals surface area contributed by atoms with Gasteiger partial charge in [-0.25, -0.2) is 4.57 Å². The number of hydrogen-bond acceptors (Lipinski definition) is 12. The monoisotopic (exact) mass is 696 g/mol. The molecule has 0 aromatic rings. The molecule has 1 aliphatic rings. The average molecular weight is 697 g/mol. The largest absolute Gasteiger partial charge is 0.472 e. The molecule has 0 radical (unpaired) electrons. The fourth-order valence-corrected chi connectivity index (χ4v) is 6.13. The first-order valence-corrected chi connectivity index (χ1v) is 19.0. The number of phosphoric acid groups is 1. The third kappa shape index (κ3) is 19.4. The number of esters is 2. The quantitative estimate of drug-likeness (QED) is 0.0305. The normalized spacial score (nSPS) is 25.0. The van der Waals surface area contributed by atoms with Crippen LogP contribution in [-0.4, -0.2) is 98.3 Å². The first kappa shape index (κ1) is 43.6. The van der Waals surface area contributed by atoms with Crippen LogP contribution < -0.4 is 0 Å². The molecule has 6 N–H and O–H groups in total. The Kier molecular flexibility index (Phi) is 23.7. The average Bonchev–Trinajstić information content (AvgIpc) is 3.04. The molecule has 0 aromatic heterocycles. The molecule has 0 heterocycles. The van der Waals surface area contributed by atoms with Gasteiger partial charge in [-0.05, 0) is 38.5 Å². The highest BCUT2D eigenvalue weighted by Crippen LogP contribution is 2.47. The van der Waals surface area contributed by atoms with Crippen LogP contribution in [-0.2, 0) is 32.7 Å². The van der Waals surface area contributed by atoms with Gasteiger partial charge in [-0.15, -0.1) is 0 Å². The number of carbonyl (C=O) groups excluding carboxylic acids is 2. The van der Waals surface area contributed by atoms with Crippen molar-refractivity contribution in [2.24, 2.45) is 0 Å². The van der Waals surface area contributed by atoms with Gasteiger partial charge >= 0.3 is 19.8 Å². The fourth-order valence-electron chi connectivity index (χ4n) is 5.16. The second-order valence-corrected chi connectivity index (χ2v) is 13.8. The van der Waals surface area contributed by atoms with E-state index >= 15 is 0 Å². The minimum Gasteiger partial charge on any atom is -0.462 e. The maximum absolute atomic E-state index is 12.6. The Balaban J connectivity index is 2.48. The molecule has 0 saturated heterocycles. The second-order valence-electron chi connectivity index (χ2n) is 12.4. The number of phosphoric ester groups is 1. The highest BCUT2D eigenvalue weighted by molar-refractivity contribution is 7.47. The summed E-state index contributed by atoms with van der Waals surface area (Å²) >= 11 is 0. The van der Waals surface area contributed by atoms with Gasteiger partial charge in [0.25, 0.3) is 0 Å². The summed E-state index contributed by atoms with van der Waals surface area (Å²) < 4.78 is 32.9. The third-order valence-corrected chi connectivity index (χ3v) is 9.09. The van der Waals surface area contributed by atoms with Crippen LogP contribution in [0.2, 0.25) is 0 Å². The van der Waals surface area contributed by atoms with Gasteiger partial charge < -0.3 is 39.9 Å². The number of aliphatic hydroxyl groups excluding tert-OH is 5. The number of carbonyl (C=O) groups is 2. The molecular formula is C33H61O13P. The summed E-state index contributed by atoms with van der Waals surface area (Å²) in [5, 5.41) is 49.6. The number of unbranched alkanes of at least 4 members (excludes halogenated alkanes) is 13. The summed E-state index contributed by atoms with van der Waals surface area (Å²) in [7, 11) is -5.09. The van der Waals surface area contributed by atoms with E-state index in [1.54, 1.807) is 0 Å². The van der Waals surface area contributed by atoms with Crippen LogP contribution in [0.25, 0.3) is 0 Å². The second kappa shape index (κ2) is 25.5. The van der Waals surface area contributed by atoms with Crippen molar-refractivity contribution in [2.75, 3.05) is 13.2 Å². The molecular weight excluding hydrogens is 635 g/mol. The topological polar surface area (TPSA) is 210 Å². The maximum Gasteiger partial charge on any atom is 0.472 e. The Hall–Kier alpha value is -1.41. The lowest BCUT2D eigenvalue weighted by atomic mass is 9.85. The summed E-state index contributed by atoms with van der Waals surface area (Å²) in [5.41, 5.74) is 0. The zero-order valence-electron chi connectivity index (χ0n) is 28.3. The standard InChI is InChI=1S/C33H61O13P/c1-3-5-7-8-9-10-11-12-13-14-15-16-17-18-20-22-27(35)45-25(23-43-26(34)21-19-6-4-2)24-44-47(41,42)46-33-31(39)29(37)28(36)30(38)32(33)40/h12-13,25,28-33,36-40H,3-11,14-24H2,1-2H3,(H,41,42)/b13-12-. The Morgan fingerprint density at radius 2 is 1.09 bits per heavy atom. The van der Waals surface area contributed by atoms with Gasteiger partial charge in [-0.1, -0.05) is 90.2 Å². The van der Waals surface area contributed by atoms with Crippen molar-refractivity contribution in [3.8, 4) is 0 Å². The van der Waals surface area contributed by atoms with Gasteiger partial charge in [0, 0.05) is 12.8 Å². The zero-order valence-corrected chi connectivity index (χ0v) is 29.2. The summed E-state index contributed by atoms with van der Waals surface area (Å²) in [6, 6.07) is 0. The number of aliphatic hydroxyl groups is 5. The van der Waals surface area contributed by atoms with Gasteiger partial charge in [0.2, 0.25) is 0 Å². The molecule has 6 atom stereocenters. The number of ether oxygens (including phenoxy) is 2. The minimum absolute atomic E-state index is 0.0882. The number of allylic oxidation sites excluding steroid dienone is 2. The maximum atomic E-state index is 12.6. The van der Waals surface area contributed by atoms with Crippen molar-refractivity contribution >= 4 is 19.8 Å². The Labute approximate surface area is 280 Å². The van der Waals surface area contributed by atoms with Gasteiger partial charge in [-0.3, -0.25) is 18.6 Å². The summed E-state index contributed by atoms with van der Waals surface area (Å²) in [5.74, 6) is -1.14. The van der Waals surface area contributed by atoms with E-state index in [4.69, 9.17) is 18.5 Å². The van der Waals surface area contributed by atoms with Crippen LogP contribution in [0.5, 0.6) is 0 Å². The number of rotatable bonds is 27. The van der Waals surface area contributed by atoms with Crippen LogP contribution >= 0.6 is 7.82 Å². The summed E-state index contributed by atoms with van der Waals surface area (Å²) in [6.07, 6.45) is 8.35. The summed E-state index contributed by atoms with van der Waals surface area (Å²) in [6.45, 7) is 3.03. The Morgan fingerprint density at radius 3 is 1.66 bits per heavy atom. The molecule has 0 aromatic carbocycles. The van der Waals surface area contributed by atoms with Crippen molar-refractivity contribution < 1.29 is 63.1 Å². The SMILES string of the molecule is CCCCCCCC/C=C\CCCCCCCC(=O)OC(COC(=O)CCCCC)COP(=O)(O)OC1C(O)C(O)C(O)C(O)C1O. The molecule has 47 heavy (non-hydrogen) atoms. The van der Waals surface area contributed by atoms with Crippen molar-refractivity contribution in [3.63, 3.8) is 0 Å². The Morgan fingerprint density at radius 1 is 0.638 bits per heavy atom. The van der Waals surface area contributed by atoms with Crippen LogP contribution in [0.15, 0.2) is 12.2 Å². The van der Waals surface area contributed by atoms with Gasteiger partial charge in [-0.2, -0.15) is 0 Å². The lowest BCUT2D eigenvalue weighted by Crippen LogP contribution is -2.64. The molecule has 13 nitrogen and oxygen atoms in total. The zero-order chi connectivity index (χ0) is 35.1. The number of hydrogen-bond donors (Lipinski definition) is 6. The van der Waals surface area contributed by atoms with E-state index in [-0.39, 0.29) is 12.8 Å². The van der Waals surface area contributed by atoms with E-state index in [1.165, 1.54) is 38.5 Å². The van der Waals surface area contributed by atoms with Gasteiger partial charge in [0.05, 0.1) is 6.61 Å². The molecule has 0 amide bonds. The van der Waals surface area contributed by atoms with Crippen LogP contribution in [0, 0.1) is 0 Å². The van der Waals surface area contributed by atoms with E-state index in [9.17, 15) is 44.6 Å². The van der Waals surface area contributed by atoms with Gasteiger partial charge in [0.15, 0.2) is 6.10 Å². The molecule has 6 unspecified atom stereocenters. The first-order chi connectivity index (χ1) is 22.4. The summed E-state index contributed by atoms with van der Waals surface area (Å²) in [4.78, 5) is 34.8. The predicted octanol–water partition coefficient (Wildman–Crippen LogP) is 4.38. The molecule has 1 saturated carbocycles. The van der Waals surface area contributed by atoms with E-state index in [0.29, 0.717) is 12.8 Å². The van der Waals surface area contributed by atoms with E-state index in [0.717, 1.165) is 51.4 Å². The van der Waals surface area contributed by atoms with Crippen LogP contribution in [0.4, 0.5) is 0 Å². The van der Waals surface area contributed by atoms with Crippen molar-refractivity contribution in [1.29, 1.82) is 0 Å². The van der Waals surface area contributed by atoms with Crippen molar-refractivity contribution in [3.05, 3.63) is 12.2 Å². The van der Waals surface area contributed by atoms with E-state index in [1.807, 2.05) is 6.92 Å². The van der Waals surface area contributed by atoms with Crippen molar-refractivity contribution in [1.82, 2.24) is 0 Å². The lowest BCUT2D eigenvalue weighted by Gasteiger charge is -2.41. The van der Waals surface area contributed by atoms with Crippen LogP contribution in [0.1, 0.15) is 129 Å². The van der Waals surface area contributed by atoms with E-state index < -0.39 is 75.7 Å². The lowest BCUT2D eigenvalue weighted by molar-refractivity contribution is -0.220. The molecule has 1 rings (SSSR count). The molecule has 0 aliphatic heterocycles. The first-order valence-electron chi connectivity index (χ1n) is 17.5.